The van der Waals surface area contributed by atoms with E-state index in [9.17, 15) is 0 Å². The van der Waals surface area contributed by atoms with Gasteiger partial charge in [0.25, 0.3) is 0 Å². The molecule has 0 bridgehead atoms. The molecule has 0 aliphatic heterocycles. The Morgan fingerprint density at radius 3 is 1.25 bits per heavy atom. The van der Waals surface area contributed by atoms with Gasteiger partial charge in [0.2, 0.25) is 0 Å². The molecule has 2 heterocycles. The molecule has 0 aliphatic rings. The predicted octanol–water partition coefficient (Wildman–Crippen LogP) is 3.77. The van der Waals surface area contributed by atoms with E-state index in [2.05, 4.69) is 76.0 Å². The van der Waals surface area contributed by atoms with E-state index < -0.39 is 0 Å². The van der Waals surface area contributed by atoms with Crippen molar-refractivity contribution >= 4 is 0 Å². The molecule has 0 aromatic carbocycles. The maximum absolute atomic E-state index is 4.04. The summed E-state index contributed by atoms with van der Waals surface area (Å²) in [6.45, 7) is 19.2. The Labute approximate surface area is 146 Å². The maximum atomic E-state index is 4.04. The molecule has 0 aliphatic carbocycles. The average molecular weight is 335 g/mol. The van der Waals surface area contributed by atoms with Crippen LogP contribution in [-0.4, -0.2) is 30.0 Å². The highest BCUT2D eigenvalue weighted by molar-refractivity contribution is 4.91. The SMILES string of the molecule is CCc1cn(CC(C)(C)C)nn1.CCc1cn(CC(C)(C)C)nn1. The molecule has 2 aromatic rings. The minimum atomic E-state index is 0.276. The van der Waals surface area contributed by atoms with Gasteiger partial charge in [-0.05, 0) is 23.7 Å². The summed E-state index contributed by atoms with van der Waals surface area (Å²) >= 11 is 0. The van der Waals surface area contributed by atoms with Crippen LogP contribution in [0.15, 0.2) is 12.4 Å². The van der Waals surface area contributed by atoms with Crippen molar-refractivity contribution in [2.75, 3.05) is 0 Å². The largest absolute Gasteiger partial charge is 0.252 e. The quantitative estimate of drug-likeness (QED) is 0.854. The molecule has 0 saturated heterocycles. The number of hydrogen-bond acceptors (Lipinski definition) is 4. The summed E-state index contributed by atoms with van der Waals surface area (Å²) in [4.78, 5) is 0. The molecule has 2 rings (SSSR count). The summed E-state index contributed by atoms with van der Waals surface area (Å²) in [7, 11) is 0. The monoisotopic (exact) mass is 334 g/mol. The molecular formula is C18H34N6. The van der Waals surface area contributed by atoms with Crippen LogP contribution in [0, 0.1) is 10.8 Å². The van der Waals surface area contributed by atoms with Crippen LogP contribution in [-0.2, 0) is 25.9 Å². The van der Waals surface area contributed by atoms with Crippen LogP contribution in [0.4, 0.5) is 0 Å². The highest BCUT2D eigenvalue weighted by atomic mass is 15.4. The van der Waals surface area contributed by atoms with Crippen LogP contribution >= 0.6 is 0 Å². The highest BCUT2D eigenvalue weighted by Crippen LogP contribution is 2.16. The van der Waals surface area contributed by atoms with E-state index in [0.717, 1.165) is 37.3 Å². The van der Waals surface area contributed by atoms with E-state index in [1.54, 1.807) is 0 Å². The summed E-state index contributed by atoms with van der Waals surface area (Å²) in [5, 5.41) is 16.1. The van der Waals surface area contributed by atoms with Gasteiger partial charge in [0, 0.05) is 25.5 Å². The van der Waals surface area contributed by atoms with Gasteiger partial charge in [0.1, 0.15) is 0 Å². The first-order valence-corrected chi connectivity index (χ1v) is 8.80. The molecule has 6 heteroatoms. The second-order valence-electron chi connectivity index (χ2n) is 8.64. The fraction of sp³-hybridized carbons (Fsp3) is 0.778. The van der Waals surface area contributed by atoms with Crippen molar-refractivity contribution in [1.29, 1.82) is 0 Å². The highest BCUT2D eigenvalue weighted by Gasteiger charge is 2.12. The van der Waals surface area contributed by atoms with Crippen molar-refractivity contribution in [1.82, 2.24) is 30.0 Å². The summed E-state index contributed by atoms with van der Waals surface area (Å²) in [6, 6.07) is 0. The normalized spacial score (nSPS) is 12.0. The van der Waals surface area contributed by atoms with Crippen molar-refractivity contribution in [3.05, 3.63) is 23.8 Å². The Hall–Kier alpha value is -1.72. The molecular weight excluding hydrogens is 300 g/mol. The van der Waals surface area contributed by atoms with E-state index in [-0.39, 0.29) is 10.8 Å². The smallest absolute Gasteiger partial charge is 0.0824 e. The first-order valence-electron chi connectivity index (χ1n) is 8.80. The molecule has 6 nitrogen and oxygen atoms in total. The van der Waals surface area contributed by atoms with Gasteiger partial charge in [-0.3, -0.25) is 9.36 Å². The Balaban J connectivity index is 0.000000240. The molecule has 0 radical (unpaired) electrons. The number of aromatic nitrogens is 6. The number of aryl methyl sites for hydroxylation is 2. The van der Waals surface area contributed by atoms with Crippen molar-refractivity contribution in [3.63, 3.8) is 0 Å². The van der Waals surface area contributed by atoms with Gasteiger partial charge in [-0.25, -0.2) is 0 Å². The van der Waals surface area contributed by atoms with Crippen molar-refractivity contribution in [2.24, 2.45) is 10.8 Å². The molecule has 0 saturated carbocycles. The lowest BCUT2D eigenvalue weighted by Gasteiger charge is -2.16. The lowest BCUT2D eigenvalue weighted by molar-refractivity contribution is 0.321. The van der Waals surface area contributed by atoms with Crippen LogP contribution in [0.2, 0.25) is 0 Å². The van der Waals surface area contributed by atoms with Gasteiger partial charge in [-0.1, -0.05) is 65.8 Å². The molecule has 136 valence electrons. The number of hydrogen-bond donors (Lipinski definition) is 0. The predicted molar refractivity (Wildman–Crippen MR) is 97.7 cm³/mol. The average Bonchev–Trinajstić information content (AvgIpc) is 3.04. The zero-order chi connectivity index (χ0) is 18.4. The van der Waals surface area contributed by atoms with Crippen molar-refractivity contribution < 1.29 is 0 Å². The number of nitrogens with zero attached hydrogens (tertiary/aromatic N) is 6. The summed E-state index contributed by atoms with van der Waals surface area (Å²) < 4.78 is 3.83. The Morgan fingerprint density at radius 2 is 1.04 bits per heavy atom. The fourth-order valence-electron chi connectivity index (χ4n) is 2.13. The first kappa shape index (κ1) is 20.3. The van der Waals surface area contributed by atoms with Gasteiger partial charge in [-0.2, -0.15) is 0 Å². The molecule has 0 N–H and O–H groups in total. The first-order chi connectivity index (χ1) is 11.0. The van der Waals surface area contributed by atoms with E-state index >= 15 is 0 Å². The maximum Gasteiger partial charge on any atom is 0.0824 e. The van der Waals surface area contributed by atoms with Gasteiger partial charge in [0.15, 0.2) is 0 Å². The molecule has 0 unspecified atom stereocenters. The third-order valence-electron chi connectivity index (χ3n) is 3.17. The second-order valence-corrected chi connectivity index (χ2v) is 8.64. The third kappa shape index (κ3) is 8.22. The van der Waals surface area contributed by atoms with E-state index in [4.69, 9.17) is 0 Å². The van der Waals surface area contributed by atoms with Gasteiger partial charge in [0.05, 0.1) is 11.4 Å². The van der Waals surface area contributed by atoms with Crippen LogP contribution in [0.5, 0.6) is 0 Å². The lowest BCUT2D eigenvalue weighted by atomic mass is 9.97. The fourth-order valence-corrected chi connectivity index (χ4v) is 2.13. The van der Waals surface area contributed by atoms with Crippen LogP contribution in [0.3, 0.4) is 0 Å². The molecule has 2 aromatic heterocycles. The van der Waals surface area contributed by atoms with E-state index in [1.807, 2.05) is 21.8 Å². The summed E-state index contributed by atoms with van der Waals surface area (Å²) in [6.07, 6.45) is 5.96. The molecule has 24 heavy (non-hydrogen) atoms. The minimum Gasteiger partial charge on any atom is -0.252 e. The van der Waals surface area contributed by atoms with Gasteiger partial charge in [-0.15, -0.1) is 10.2 Å². The third-order valence-corrected chi connectivity index (χ3v) is 3.17. The topological polar surface area (TPSA) is 61.4 Å². The van der Waals surface area contributed by atoms with Crippen LogP contribution in [0.1, 0.15) is 66.8 Å². The lowest BCUT2D eigenvalue weighted by Crippen LogP contribution is -2.15. The Morgan fingerprint density at radius 1 is 0.708 bits per heavy atom. The van der Waals surface area contributed by atoms with Crippen molar-refractivity contribution in [3.8, 4) is 0 Å². The zero-order valence-electron chi connectivity index (χ0n) is 16.7. The van der Waals surface area contributed by atoms with E-state index in [1.165, 1.54) is 0 Å². The Bertz CT molecular complexity index is 543. The van der Waals surface area contributed by atoms with E-state index in [0.29, 0.717) is 0 Å². The van der Waals surface area contributed by atoms with Gasteiger partial charge >= 0.3 is 0 Å². The van der Waals surface area contributed by atoms with Crippen LogP contribution in [0.25, 0.3) is 0 Å². The molecule has 0 fully saturated rings. The Kier molecular flexibility index (Phi) is 7.11. The zero-order valence-corrected chi connectivity index (χ0v) is 16.7. The minimum absolute atomic E-state index is 0.276. The van der Waals surface area contributed by atoms with Gasteiger partial charge < -0.3 is 0 Å². The van der Waals surface area contributed by atoms with Crippen LogP contribution < -0.4 is 0 Å². The summed E-state index contributed by atoms with van der Waals surface area (Å²) in [5.74, 6) is 0. The standard InChI is InChI=1S/2C9H17N3/c2*1-5-8-6-12(11-10-8)7-9(2,3)4/h2*6H,5,7H2,1-4H3. The number of rotatable bonds is 4. The molecule has 0 atom stereocenters. The summed E-state index contributed by atoms with van der Waals surface area (Å²) in [5.41, 5.74) is 2.69. The van der Waals surface area contributed by atoms with Crippen molar-refractivity contribution in [2.45, 2.75) is 81.3 Å². The second kappa shape index (κ2) is 8.40. The molecule has 0 amide bonds. The molecule has 0 spiro atoms.